The van der Waals surface area contributed by atoms with Crippen LogP contribution in [0.1, 0.15) is 6.92 Å². The summed E-state index contributed by atoms with van der Waals surface area (Å²) in [5.41, 5.74) is 2.89. The third-order valence-electron chi connectivity index (χ3n) is 4.25. The van der Waals surface area contributed by atoms with Crippen LogP contribution < -0.4 is 10.2 Å². The topological polar surface area (TPSA) is 74.4 Å². The molecule has 0 saturated carbocycles. The number of H-pyrrole nitrogens is 1. The molecule has 1 aliphatic rings. The second kappa shape index (κ2) is 5.56. The fourth-order valence-corrected chi connectivity index (χ4v) is 3.10. The van der Waals surface area contributed by atoms with E-state index in [1.807, 2.05) is 36.4 Å². The Morgan fingerprint density at radius 2 is 2.04 bits per heavy atom. The summed E-state index contributed by atoms with van der Waals surface area (Å²) < 4.78 is 5.32. The molecule has 6 heteroatoms. The number of hydrogen-bond acceptors (Lipinski definition) is 3. The highest BCUT2D eigenvalue weighted by Gasteiger charge is 2.32. The summed E-state index contributed by atoms with van der Waals surface area (Å²) in [6.45, 7) is 2.19. The highest BCUT2D eigenvalue weighted by molar-refractivity contribution is 6.09. The number of para-hydroxylation sites is 1. The zero-order valence-electron chi connectivity index (χ0n) is 13.2. The number of nitrogens with zero attached hydrogens (tertiary/aromatic N) is 1. The molecular weight excluding hydrogens is 306 g/mol. The zero-order chi connectivity index (χ0) is 16.7. The Morgan fingerprint density at radius 1 is 1.25 bits per heavy atom. The molecule has 0 aliphatic carbocycles. The number of anilines is 1. The van der Waals surface area contributed by atoms with Crippen LogP contribution in [0, 0.1) is 0 Å². The molecule has 1 atom stereocenters. The van der Waals surface area contributed by atoms with E-state index in [2.05, 4.69) is 16.4 Å². The molecule has 0 unspecified atom stereocenters. The predicted octanol–water partition coefficient (Wildman–Crippen LogP) is 2.78. The van der Waals surface area contributed by atoms with Crippen molar-refractivity contribution in [1.82, 2.24) is 10.3 Å². The number of benzene rings is 2. The van der Waals surface area contributed by atoms with Gasteiger partial charge in [0.25, 0.3) is 0 Å². The number of ether oxygens (including phenoxy) is 1. The standard InChI is InChI=1S/C18H17N3O3/c1-11(22)19-9-13-10-21(18(23)24-13)12-6-7-17-15(8-12)14-4-2-3-5-16(14)20-17/h2-8,13,20H,9-10H2,1H3,(H,19,22)/t13-/m0/s1. The zero-order valence-corrected chi connectivity index (χ0v) is 13.2. The van der Waals surface area contributed by atoms with Crippen LogP contribution in [-0.2, 0) is 9.53 Å². The SMILES string of the molecule is CC(=O)NC[C@H]1CN(c2ccc3[nH]c4ccccc4c3c2)C(=O)O1. The van der Waals surface area contributed by atoms with Gasteiger partial charge in [0.2, 0.25) is 5.91 Å². The summed E-state index contributed by atoms with van der Waals surface area (Å²) in [5, 5.41) is 4.87. The van der Waals surface area contributed by atoms with Crippen LogP contribution in [0.2, 0.25) is 0 Å². The number of carbonyl (C=O) groups excluding carboxylic acids is 2. The third kappa shape index (κ3) is 2.46. The van der Waals surface area contributed by atoms with Gasteiger partial charge < -0.3 is 15.0 Å². The van der Waals surface area contributed by atoms with Crippen LogP contribution in [0.25, 0.3) is 21.8 Å². The van der Waals surface area contributed by atoms with Crippen LogP contribution >= 0.6 is 0 Å². The Labute approximate surface area is 138 Å². The largest absolute Gasteiger partial charge is 0.442 e. The Balaban J connectivity index is 1.65. The quantitative estimate of drug-likeness (QED) is 0.778. The van der Waals surface area contributed by atoms with Crippen LogP contribution in [-0.4, -0.2) is 36.2 Å². The number of nitrogens with one attached hydrogen (secondary N) is 2. The molecule has 1 fully saturated rings. The molecule has 0 radical (unpaired) electrons. The summed E-state index contributed by atoms with van der Waals surface area (Å²) in [4.78, 5) is 28.1. The van der Waals surface area contributed by atoms with Gasteiger partial charge in [-0.2, -0.15) is 0 Å². The summed E-state index contributed by atoms with van der Waals surface area (Å²) in [6, 6.07) is 13.9. The first-order valence-corrected chi connectivity index (χ1v) is 7.85. The molecule has 2 heterocycles. The lowest BCUT2D eigenvalue weighted by atomic mass is 10.1. The lowest BCUT2D eigenvalue weighted by Gasteiger charge is -2.13. The number of fused-ring (bicyclic) bond motifs is 3. The minimum atomic E-state index is -0.385. The molecule has 3 aromatic rings. The Kier molecular flexibility index (Phi) is 3.37. The van der Waals surface area contributed by atoms with Gasteiger partial charge in [-0.25, -0.2) is 4.79 Å². The van der Waals surface area contributed by atoms with Gasteiger partial charge in [0.05, 0.1) is 13.1 Å². The first-order valence-electron chi connectivity index (χ1n) is 7.85. The van der Waals surface area contributed by atoms with Crippen molar-refractivity contribution in [3.8, 4) is 0 Å². The molecule has 0 bridgehead atoms. The summed E-state index contributed by atoms with van der Waals surface area (Å²) in [6.07, 6.45) is -0.718. The van der Waals surface area contributed by atoms with Crippen molar-refractivity contribution in [2.75, 3.05) is 18.0 Å². The molecule has 2 N–H and O–H groups in total. The van der Waals surface area contributed by atoms with E-state index >= 15 is 0 Å². The van der Waals surface area contributed by atoms with Gasteiger partial charge in [-0.1, -0.05) is 18.2 Å². The van der Waals surface area contributed by atoms with Gasteiger partial charge in [-0.05, 0) is 24.3 Å². The smallest absolute Gasteiger partial charge is 0.414 e. The van der Waals surface area contributed by atoms with Gasteiger partial charge in [-0.3, -0.25) is 9.69 Å². The molecule has 4 rings (SSSR count). The second-order valence-corrected chi connectivity index (χ2v) is 5.95. The number of carbonyl (C=O) groups is 2. The highest BCUT2D eigenvalue weighted by Crippen LogP contribution is 2.30. The van der Waals surface area contributed by atoms with Crippen molar-refractivity contribution < 1.29 is 14.3 Å². The van der Waals surface area contributed by atoms with E-state index in [0.29, 0.717) is 13.1 Å². The van der Waals surface area contributed by atoms with Crippen LogP contribution in [0.3, 0.4) is 0 Å². The Hall–Kier alpha value is -3.02. The van der Waals surface area contributed by atoms with Gasteiger partial charge in [0, 0.05) is 34.4 Å². The first kappa shape index (κ1) is 14.6. The fourth-order valence-electron chi connectivity index (χ4n) is 3.10. The van der Waals surface area contributed by atoms with E-state index in [4.69, 9.17) is 4.74 Å². The minimum Gasteiger partial charge on any atom is -0.442 e. The predicted molar refractivity (Wildman–Crippen MR) is 92.1 cm³/mol. The maximum absolute atomic E-state index is 12.2. The highest BCUT2D eigenvalue weighted by atomic mass is 16.6. The van der Waals surface area contributed by atoms with E-state index in [1.165, 1.54) is 6.92 Å². The minimum absolute atomic E-state index is 0.135. The fraction of sp³-hybridized carbons (Fsp3) is 0.222. The lowest BCUT2D eigenvalue weighted by Crippen LogP contribution is -2.33. The van der Waals surface area contributed by atoms with Crippen molar-refractivity contribution in [3.63, 3.8) is 0 Å². The molecular formula is C18H17N3O3. The number of amides is 2. The van der Waals surface area contributed by atoms with Gasteiger partial charge in [0.15, 0.2) is 0 Å². The number of rotatable bonds is 3. The Morgan fingerprint density at radius 3 is 2.88 bits per heavy atom. The van der Waals surface area contributed by atoms with E-state index in [-0.39, 0.29) is 18.1 Å². The monoisotopic (exact) mass is 323 g/mol. The number of aromatic amines is 1. The van der Waals surface area contributed by atoms with Crippen molar-refractivity contribution in [2.45, 2.75) is 13.0 Å². The first-order chi connectivity index (χ1) is 11.6. The average Bonchev–Trinajstić information content (AvgIpc) is 3.12. The maximum atomic E-state index is 12.2. The summed E-state index contributed by atoms with van der Waals surface area (Å²) >= 11 is 0. The van der Waals surface area contributed by atoms with Crippen molar-refractivity contribution >= 4 is 39.5 Å². The van der Waals surface area contributed by atoms with Gasteiger partial charge in [0.1, 0.15) is 6.10 Å². The van der Waals surface area contributed by atoms with Crippen LogP contribution in [0.5, 0.6) is 0 Å². The van der Waals surface area contributed by atoms with Crippen molar-refractivity contribution in [3.05, 3.63) is 42.5 Å². The average molecular weight is 323 g/mol. The van der Waals surface area contributed by atoms with Crippen LogP contribution in [0.4, 0.5) is 10.5 Å². The van der Waals surface area contributed by atoms with Gasteiger partial charge in [-0.15, -0.1) is 0 Å². The van der Waals surface area contributed by atoms with E-state index in [0.717, 1.165) is 27.5 Å². The molecule has 0 spiro atoms. The third-order valence-corrected chi connectivity index (χ3v) is 4.25. The van der Waals surface area contributed by atoms with E-state index in [1.54, 1.807) is 4.90 Å². The second-order valence-electron chi connectivity index (χ2n) is 5.95. The lowest BCUT2D eigenvalue weighted by molar-refractivity contribution is -0.119. The Bertz CT molecular complexity index is 947. The summed E-state index contributed by atoms with van der Waals surface area (Å²) in [7, 11) is 0. The number of hydrogen-bond donors (Lipinski definition) is 2. The van der Waals surface area contributed by atoms with E-state index in [9.17, 15) is 9.59 Å². The molecule has 1 saturated heterocycles. The molecule has 24 heavy (non-hydrogen) atoms. The van der Waals surface area contributed by atoms with Crippen LogP contribution in [0.15, 0.2) is 42.5 Å². The maximum Gasteiger partial charge on any atom is 0.414 e. The van der Waals surface area contributed by atoms with E-state index < -0.39 is 0 Å². The number of aromatic nitrogens is 1. The van der Waals surface area contributed by atoms with Gasteiger partial charge >= 0.3 is 6.09 Å². The summed E-state index contributed by atoms with van der Waals surface area (Å²) in [5.74, 6) is -0.135. The molecule has 1 aliphatic heterocycles. The molecule has 122 valence electrons. The molecule has 1 aromatic heterocycles. The normalized spacial score (nSPS) is 17.5. The van der Waals surface area contributed by atoms with Crippen molar-refractivity contribution in [2.24, 2.45) is 0 Å². The molecule has 2 amide bonds. The number of cyclic esters (lactones) is 1. The van der Waals surface area contributed by atoms with Crippen molar-refractivity contribution in [1.29, 1.82) is 0 Å². The molecule has 2 aromatic carbocycles. The molecule has 6 nitrogen and oxygen atoms in total.